The molecule has 35 heavy (non-hydrogen) atoms. The van der Waals surface area contributed by atoms with E-state index in [1.54, 1.807) is 7.11 Å². The highest BCUT2D eigenvalue weighted by Gasteiger charge is 2.37. The molecule has 2 aromatic carbocycles. The van der Waals surface area contributed by atoms with Gasteiger partial charge in [-0.25, -0.2) is 0 Å². The Balaban J connectivity index is 1.50. The van der Waals surface area contributed by atoms with Gasteiger partial charge in [-0.1, -0.05) is 42.5 Å². The summed E-state index contributed by atoms with van der Waals surface area (Å²) >= 11 is 0. The van der Waals surface area contributed by atoms with Gasteiger partial charge in [0, 0.05) is 56.3 Å². The number of benzene rings is 2. The number of fused-ring (bicyclic) bond motifs is 1. The lowest BCUT2D eigenvalue weighted by atomic mass is 10.0. The Bertz CT molecular complexity index is 1140. The molecule has 3 aromatic rings. The summed E-state index contributed by atoms with van der Waals surface area (Å²) in [6.45, 7) is 3.53. The summed E-state index contributed by atoms with van der Waals surface area (Å²) < 4.78 is 17.2. The molecule has 184 valence electrons. The van der Waals surface area contributed by atoms with E-state index in [-0.39, 0.29) is 11.9 Å². The maximum atomic E-state index is 13.4. The van der Waals surface area contributed by atoms with Crippen LogP contribution in [0.4, 0.5) is 0 Å². The highest BCUT2D eigenvalue weighted by molar-refractivity contribution is 5.97. The zero-order valence-corrected chi connectivity index (χ0v) is 20.2. The predicted octanol–water partition coefficient (Wildman–Crippen LogP) is 3.80. The number of rotatable bonds is 10. The Labute approximate surface area is 206 Å². The fourth-order valence-corrected chi connectivity index (χ4v) is 4.56. The van der Waals surface area contributed by atoms with Gasteiger partial charge in [0.15, 0.2) is 0 Å². The van der Waals surface area contributed by atoms with Gasteiger partial charge in [-0.2, -0.15) is 0 Å². The van der Waals surface area contributed by atoms with E-state index in [9.17, 15) is 4.79 Å². The Morgan fingerprint density at radius 2 is 2.00 bits per heavy atom. The van der Waals surface area contributed by atoms with Crippen molar-refractivity contribution in [3.63, 3.8) is 0 Å². The quantitative estimate of drug-likeness (QED) is 0.450. The van der Waals surface area contributed by atoms with E-state index >= 15 is 0 Å². The molecule has 7 nitrogen and oxygen atoms in total. The predicted molar refractivity (Wildman–Crippen MR) is 135 cm³/mol. The fourth-order valence-electron chi connectivity index (χ4n) is 4.56. The van der Waals surface area contributed by atoms with Gasteiger partial charge in [0.05, 0.1) is 31.0 Å². The number of nitrogens with one attached hydrogen (secondary N) is 1. The van der Waals surface area contributed by atoms with Gasteiger partial charge in [-0.15, -0.1) is 0 Å². The van der Waals surface area contributed by atoms with E-state index in [0.29, 0.717) is 32.9 Å². The molecule has 0 bridgehead atoms. The number of ether oxygens (including phenoxy) is 3. The number of aromatic nitrogens is 1. The number of carbonyl (C=O) groups is 1. The third kappa shape index (κ3) is 5.64. The summed E-state index contributed by atoms with van der Waals surface area (Å²) in [5.41, 5.74) is 3.86. The van der Waals surface area contributed by atoms with Crippen LogP contribution in [0.15, 0.2) is 54.6 Å². The van der Waals surface area contributed by atoms with Crippen molar-refractivity contribution in [3.05, 3.63) is 60.3 Å². The van der Waals surface area contributed by atoms with E-state index in [4.69, 9.17) is 19.2 Å². The number of hydrogen-bond acceptors (Lipinski definition) is 6. The molecule has 0 spiro atoms. The molecule has 2 heterocycles. The molecule has 1 saturated carbocycles. The van der Waals surface area contributed by atoms with Crippen LogP contribution in [-0.4, -0.2) is 68.0 Å². The average Bonchev–Trinajstić information content (AvgIpc) is 3.75. The number of methoxy groups -OCH3 is 1. The van der Waals surface area contributed by atoms with Crippen LogP contribution >= 0.6 is 0 Å². The van der Waals surface area contributed by atoms with E-state index in [2.05, 4.69) is 29.6 Å². The monoisotopic (exact) mass is 475 g/mol. The molecule has 2 aliphatic rings. The number of pyridine rings is 1. The summed E-state index contributed by atoms with van der Waals surface area (Å²) in [4.78, 5) is 20.4. The first-order chi connectivity index (χ1) is 17.2. The minimum absolute atomic E-state index is 0.0421. The van der Waals surface area contributed by atoms with Gasteiger partial charge >= 0.3 is 0 Å². The van der Waals surface area contributed by atoms with Crippen molar-refractivity contribution in [2.24, 2.45) is 0 Å². The third-order valence-corrected chi connectivity index (χ3v) is 6.50. The standard InChI is InChI=1S/C28H33N3O4/c1-33-14-6-15-34-25-17-21(19-31(22-11-12-22)28(32)26-18-29-13-16-35-26)30-27-23(9-5-10-24(25)27)20-7-3-2-4-8-20/h2-5,7-10,17,22,26,29H,6,11-16,18-19H2,1H3/t26-/m1/s1. The van der Waals surface area contributed by atoms with Crippen molar-refractivity contribution in [2.75, 3.05) is 40.0 Å². The van der Waals surface area contributed by atoms with Crippen LogP contribution in [0.5, 0.6) is 5.75 Å². The summed E-state index contributed by atoms with van der Waals surface area (Å²) in [5.74, 6) is 0.832. The molecule has 1 amide bonds. The van der Waals surface area contributed by atoms with Gasteiger partial charge in [0.1, 0.15) is 11.9 Å². The second kappa shape index (κ2) is 11.2. The number of morpholine rings is 1. The van der Waals surface area contributed by atoms with E-state index in [1.807, 2.05) is 35.2 Å². The molecule has 1 N–H and O–H groups in total. The van der Waals surface area contributed by atoms with Crippen molar-refractivity contribution in [3.8, 4) is 16.9 Å². The van der Waals surface area contributed by atoms with Gasteiger partial charge in [0.25, 0.3) is 5.91 Å². The van der Waals surface area contributed by atoms with Crippen LogP contribution in [0, 0.1) is 0 Å². The molecule has 0 unspecified atom stereocenters. The molecule has 1 aromatic heterocycles. The zero-order valence-electron chi connectivity index (χ0n) is 20.2. The van der Waals surface area contributed by atoms with Gasteiger partial charge in [0.2, 0.25) is 0 Å². The van der Waals surface area contributed by atoms with Gasteiger partial charge in [-0.3, -0.25) is 9.78 Å². The molecular weight excluding hydrogens is 442 g/mol. The second-order valence-electron chi connectivity index (χ2n) is 9.14. The van der Waals surface area contributed by atoms with Crippen molar-refractivity contribution in [1.29, 1.82) is 0 Å². The molecule has 1 saturated heterocycles. The first-order valence-corrected chi connectivity index (χ1v) is 12.5. The van der Waals surface area contributed by atoms with Crippen LogP contribution in [0.1, 0.15) is 25.0 Å². The maximum absolute atomic E-state index is 13.4. The van der Waals surface area contributed by atoms with Crippen molar-refractivity contribution in [2.45, 2.75) is 38.0 Å². The smallest absolute Gasteiger partial charge is 0.253 e. The highest BCUT2D eigenvalue weighted by Crippen LogP contribution is 2.35. The molecule has 0 radical (unpaired) electrons. The first-order valence-electron chi connectivity index (χ1n) is 12.5. The molecule has 1 aliphatic heterocycles. The van der Waals surface area contributed by atoms with Crippen molar-refractivity contribution >= 4 is 16.8 Å². The third-order valence-electron chi connectivity index (χ3n) is 6.50. The Hall–Kier alpha value is -3.00. The fraction of sp³-hybridized carbons (Fsp3) is 0.429. The summed E-state index contributed by atoms with van der Waals surface area (Å²) in [6.07, 6.45) is 2.41. The minimum Gasteiger partial charge on any atom is -0.493 e. The minimum atomic E-state index is -0.436. The first kappa shape index (κ1) is 23.7. The van der Waals surface area contributed by atoms with Crippen LogP contribution in [0.25, 0.3) is 22.0 Å². The molecule has 2 fully saturated rings. The Morgan fingerprint density at radius 3 is 2.74 bits per heavy atom. The van der Waals surface area contributed by atoms with Crippen LogP contribution in [0.3, 0.4) is 0 Å². The lowest BCUT2D eigenvalue weighted by Crippen LogP contribution is -2.49. The number of nitrogens with zero attached hydrogens (tertiary/aromatic N) is 2. The summed E-state index contributed by atoms with van der Waals surface area (Å²) in [6, 6.07) is 18.7. The summed E-state index contributed by atoms with van der Waals surface area (Å²) in [7, 11) is 1.70. The normalized spacial score (nSPS) is 17.9. The van der Waals surface area contributed by atoms with E-state index < -0.39 is 6.10 Å². The van der Waals surface area contributed by atoms with Crippen LogP contribution in [-0.2, 0) is 20.8 Å². The van der Waals surface area contributed by atoms with Crippen molar-refractivity contribution in [1.82, 2.24) is 15.2 Å². The van der Waals surface area contributed by atoms with Crippen molar-refractivity contribution < 1.29 is 19.0 Å². The summed E-state index contributed by atoms with van der Waals surface area (Å²) in [5, 5.41) is 4.24. The molecule has 1 atom stereocenters. The number of para-hydroxylation sites is 1. The second-order valence-corrected chi connectivity index (χ2v) is 9.14. The molecule has 5 rings (SSSR count). The topological polar surface area (TPSA) is 72.9 Å². The molecule has 7 heteroatoms. The largest absolute Gasteiger partial charge is 0.493 e. The van der Waals surface area contributed by atoms with E-state index in [1.165, 1.54) is 0 Å². The Kier molecular flexibility index (Phi) is 7.57. The van der Waals surface area contributed by atoms with E-state index in [0.717, 1.165) is 59.3 Å². The number of amides is 1. The number of hydrogen-bond donors (Lipinski definition) is 1. The SMILES string of the molecule is COCCCOc1cc(CN(C(=O)[C@H]2CNCCO2)C2CC2)nc2c(-c3ccccc3)cccc12. The van der Waals surface area contributed by atoms with Crippen LogP contribution < -0.4 is 10.1 Å². The molecular formula is C28H33N3O4. The lowest BCUT2D eigenvalue weighted by molar-refractivity contribution is -0.146. The zero-order chi connectivity index (χ0) is 24.0. The highest BCUT2D eigenvalue weighted by atomic mass is 16.5. The maximum Gasteiger partial charge on any atom is 0.253 e. The van der Waals surface area contributed by atoms with Gasteiger partial charge in [-0.05, 0) is 24.5 Å². The average molecular weight is 476 g/mol. The number of carbonyl (C=O) groups excluding carboxylic acids is 1. The van der Waals surface area contributed by atoms with Crippen LogP contribution in [0.2, 0.25) is 0 Å². The molecule has 1 aliphatic carbocycles. The Morgan fingerprint density at radius 1 is 1.14 bits per heavy atom. The van der Waals surface area contributed by atoms with Gasteiger partial charge < -0.3 is 24.4 Å². The lowest BCUT2D eigenvalue weighted by Gasteiger charge is -2.30.